The van der Waals surface area contributed by atoms with Crippen LogP contribution >= 0.6 is 0 Å². The third-order valence-electron chi connectivity index (χ3n) is 14.6. The molecule has 1 aliphatic carbocycles. The second-order valence-electron chi connectivity index (χ2n) is 18.5. The molecule has 1 atom stereocenters. The summed E-state index contributed by atoms with van der Waals surface area (Å²) >= 11 is 0. The molecule has 2 heterocycles. The van der Waals surface area contributed by atoms with Gasteiger partial charge in [0.05, 0.1) is 22.4 Å². The first kappa shape index (κ1) is 43.6. The zero-order valence-electron chi connectivity index (χ0n) is 38.3. The first-order chi connectivity index (χ1) is 34.7. The van der Waals surface area contributed by atoms with Crippen molar-refractivity contribution in [1.29, 1.82) is 0 Å². The number of nitrogens with zero attached hydrogens (tertiary/aromatic N) is 1. The van der Waals surface area contributed by atoms with E-state index in [2.05, 4.69) is 60.0 Å². The van der Waals surface area contributed by atoms with Gasteiger partial charge in [0.2, 0.25) is 34.5 Å². The molecule has 9 aromatic carbocycles. The molecule has 0 saturated carbocycles. The van der Waals surface area contributed by atoms with Crippen molar-refractivity contribution in [3.63, 3.8) is 0 Å². The molecular weight excluding hydrogens is 911 g/mol. The maximum Gasteiger partial charge on any atom is 0.208 e. The third-order valence-corrected chi connectivity index (χ3v) is 14.6. The summed E-state index contributed by atoms with van der Waals surface area (Å²) < 4.78 is 6.70. The minimum Gasteiger partial charge on any atom is -0.504 e. The number of hydrogen-bond acceptors (Lipinski definition) is 12. The molecule has 1 aliphatic heterocycles. The number of phenols is 10. The summed E-state index contributed by atoms with van der Waals surface area (Å²) in [5.74, 6) is -8.85. The summed E-state index contributed by atoms with van der Waals surface area (Å²) in [6.07, 6.45) is 5.78. The van der Waals surface area contributed by atoms with Crippen LogP contribution in [0.3, 0.4) is 0 Å². The number of anilines is 2. The van der Waals surface area contributed by atoms with E-state index in [0.717, 1.165) is 71.2 Å². The van der Waals surface area contributed by atoms with Crippen molar-refractivity contribution in [2.24, 2.45) is 0 Å². The Labute approximate surface area is 410 Å². The van der Waals surface area contributed by atoms with E-state index < -0.39 is 63.0 Å². The molecule has 1 unspecified atom stereocenters. The van der Waals surface area contributed by atoms with Gasteiger partial charge in [-0.15, -0.1) is 0 Å². The highest BCUT2D eigenvalue weighted by molar-refractivity contribution is 6.27. The van der Waals surface area contributed by atoms with Crippen molar-refractivity contribution in [2.75, 3.05) is 4.90 Å². The molecule has 72 heavy (non-hydrogen) atoms. The highest BCUT2D eigenvalue weighted by atomic mass is 16.4. The fourth-order valence-corrected chi connectivity index (χ4v) is 11.0. The van der Waals surface area contributed by atoms with Crippen molar-refractivity contribution < 1.29 is 55.5 Å². The van der Waals surface area contributed by atoms with Gasteiger partial charge in [-0.05, 0) is 104 Å². The average Bonchev–Trinajstić information content (AvgIpc) is 3.91. The van der Waals surface area contributed by atoms with Crippen LogP contribution in [0.15, 0.2) is 157 Å². The number of phenolic OH excluding ortho intramolecular Hbond substituents is 10. The molecule has 10 N–H and O–H groups in total. The molecule has 0 amide bonds. The lowest BCUT2D eigenvalue weighted by molar-refractivity contribution is 0.327. The quantitative estimate of drug-likeness (QED) is 0.0428. The summed E-state index contributed by atoms with van der Waals surface area (Å²) in [5, 5.41) is 114. The van der Waals surface area contributed by atoms with Crippen LogP contribution in [-0.4, -0.2) is 56.6 Å². The number of aryl methyl sites for hydroxylation is 1. The van der Waals surface area contributed by atoms with Crippen LogP contribution in [0.4, 0.5) is 11.4 Å². The van der Waals surface area contributed by atoms with Gasteiger partial charge in [-0.3, -0.25) is 0 Å². The lowest BCUT2D eigenvalue weighted by Gasteiger charge is -2.41. The predicted molar refractivity (Wildman–Crippen MR) is 279 cm³/mol. The van der Waals surface area contributed by atoms with E-state index >= 15 is 0 Å². The predicted octanol–water partition coefficient (Wildman–Crippen LogP) is 13.1. The smallest absolute Gasteiger partial charge is 0.208 e. The SMILES string of the molecule is C=C(c1ccccc1)c1oc2cc(-c3cc4c5ccccc5c5ccccc5c4cc3N3c4ccc(-c5c(O)c(O)c(O)c(O)c5O)cc4CC34C=CC(c3c(O)c(O)c(O)c(O)c3O)=CC4)ccc2c1C. The number of fused-ring (bicyclic) bond motifs is 8. The largest absolute Gasteiger partial charge is 0.504 e. The maximum absolute atomic E-state index is 11.1. The van der Waals surface area contributed by atoms with Crippen molar-refractivity contribution in [2.45, 2.75) is 25.3 Å². The van der Waals surface area contributed by atoms with Crippen LogP contribution in [-0.2, 0) is 6.42 Å². The van der Waals surface area contributed by atoms with Gasteiger partial charge >= 0.3 is 0 Å². The van der Waals surface area contributed by atoms with Gasteiger partial charge in [-0.2, -0.15) is 0 Å². The van der Waals surface area contributed by atoms with E-state index in [-0.39, 0.29) is 35.1 Å². The minimum absolute atomic E-state index is 0.193. The normalized spacial score (nSPS) is 15.3. The molecule has 354 valence electrons. The number of allylic oxidation sites excluding steroid dienone is 2. The Hall–Kier alpha value is -9.68. The summed E-state index contributed by atoms with van der Waals surface area (Å²) in [5.41, 5.74) is 5.99. The van der Waals surface area contributed by atoms with Crippen molar-refractivity contribution in [1.82, 2.24) is 0 Å². The van der Waals surface area contributed by atoms with Crippen molar-refractivity contribution in [3.05, 3.63) is 180 Å². The Morgan fingerprint density at radius 1 is 0.514 bits per heavy atom. The van der Waals surface area contributed by atoms with Gasteiger partial charge in [0, 0.05) is 34.2 Å². The van der Waals surface area contributed by atoms with Crippen LogP contribution in [0.25, 0.3) is 76.7 Å². The maximum atomic E-state index is 11.1. The van der Waals surface area contributed by atoms with Crippen LogP contribution in [0.1, 0.15) is 34.4 Å². The molecule has 1 aromatic heterocycles. The molecule has 0 fully saturated rings. The lowest BCUT2D eigenvalue weighted by atomic mass is 9.82. The highest BCUT2D eigenvalue weighted by Gasteiger charge is 2.45. The molecule has 10 aromatic rings. The Balaban J connectivity index is 1.13. The molecule has 12 nitrogen and oxygen atoms in total. The fourth-order valence-electron chi connectivity index (χ4n) is 11.0. The molecule has 1 spiro atoms. The van der Waals surface area contributed by atoms with Crippen molar-refractivity contribution in [3.8, 4) is 79.7 Å². The minimum atomic E-state index is -1.08. The Bertz CT molecular complexity index is 4040. The molecular formula is C60H43NO11. The van der Waals surface area contributed by atoms with E-state index in [9.17, 15) is 51.1 Å². The van der Waals surface area contributed by atoms with Crippen LogP contribution in [0.2, 0.25) is 0 Å². The number of hydrogen-bond donors (Lipinski definition) is 10. The van der Waals surface area contributed by atoms with E-state index in [4.69, 9.17) is 4.42 Å². The summed E-state index contributed by atoms with van der Waals surface area (Å²) in [4.78, 5) is 2.20. The highest BCUT2D eigenvalue weighted by Crippen LogP contribution is 2.59. The lowest BCUT2D eigenvalue weighted by Crippen LogP contribution is -2.42. The monoisotopic (exact) mass is 953 g/mol. The Morgan fingerprint density at radius 2 is 1.04 bits per heavy atom. The Morgan fingerprint density at radius 3 is 1.62 bits per heavy atom. The number of rotatable bonds is 6. The zero-order chi connectivity index (χ0) is 50.1. The van der Waals surface area contributed by atoms with E-state index in [1.807, 2.05) is 79.7 Å². The summed E-state index contributed by atoms with van der Waals surface area (Å²) in [6, 6.07) is 42.1. The van der Waals surface area contributed by atoms with Crippen LogP contribution < -0.4 is 4.90 Å². The fraction of sp³-hybridized carbons (Fsp3) is 0.0667. The standard InChI is InChI=1S/C60H43NO11/c1-29(31-10-4-3-5-11-31)59-30(2)36-18-16-33(25-46(36)72-59)41-26-42-39-14-8-6-12-37(39)38-13-7-9-15-40(38)43(42)27-45(41)61-44-19-17-34(48-51(64)55(68)58(71)56(69)52(48)65)24-35(44)28-60(61)22-20-32(21-23-60)47-49(62)53(66)57(70)54(67)50(47)63/h3-22,24-27,62-71H,1,23,28H2,2H3. The number of aromatic hydroxyl groups is 10. The van der Waals surface area contributed by atoms with Gasteiger partial charge in [0.25, 0.3) is 0 Å². The first-order valence-corrected chi connectivity index (χ1v) is 23.0. The average molecular weight is 954 g/mol. The van der Waals surface area contributed by atoms with Gasteiger partial charge in [0.1, 0.15) is 11.3 Å². The summed E-state index contributed by atoms with van der Waals surface area (Å²) in [7, 11) is 0. The molecule has 0 radical (unpaired) electrons. The number of furan rings is 1. The van der Waals surface area contributed by atoms with E-state index in [0.29, 0.717) is 22.6 Å². The second-order valence-corrected chi connectivity index (χ2v) is 18.5. The van der Waals surface area contributed by atoms with E-state index in [1.54, 1.807) is 24.3 Å². The number of benzene rings is 9. The molecule has 12 heteroatoms. The first-order valence-electron chi connectivity index (χ1n) is 23.0. The van der Waals surface area contributed by atoms with Crippen LogP contribution in [0, 0.1) is 6.92 Å². The molecule has 0 bridgehead atoms. The third kappa shape index (κ3) is 6.18. The van der Waals surface area contributed by atoms with Gasteiger partial charge in [0.15, 0.2) is 23.0 Å². The molecule has 12 rings (SSSR count). The van der Waals surface area contributed by atoms with E-state index in [1.165, 1.54) is 0 Å². The zero-order valence-corrected chi connectivity index (χ0v) is 38.3. The van der Waals surface area contributed by atoms with Crippen molar-refractivity contribution >= 4 is 65.8 Å². The topological polar surface area (TPSA) is 219 Å². The van der Waals surface area contributed by atoms with Gasteiger partial charge in [-0.1, -0.05) is 122 Å². The van der Waals surface area contributed by atoms with Gasteiger partial charge < -0.3 is 60.4 Å². The Kier molecular flexibility index (Phi) is 9.49. The van der Waals surface area contributed by atoms with Gasteiger partial charge in [-0.25, -0.2) is 0 Å². The van der Waals surface area contributed by atoms with Crippen LogP contribution in [0.5, 0.6) is 57.5 Å². The molecule has 2 aliphatic rings. The summed E-state index contributed by atoms with van der Waals surface area (Å²) in [6.45, 7) is 6.43. The second kappa shape index (κ2) is 15.7. The molecule has 0 saturated heterocycles.